The summed E-state index contributed by atoms with van der Waals surface area (Å²) >= 11 is 0. The summed E-state index contributed by atoms with van der Waals surface area (Å²) in [6.45, 7) is 3.72. The summed E-state index contributed by atoms with van der Waals surface area (Å²) in [5, 5.41) is 5.54. The maximum atomic E-state index is 12.3. The van der Waals surface area contributed by atoms with Crippen LogP contribution in [0.5, 0.6) is 11.5 Å². The van der Waals surface area contributed by atoms with Crippen molar-refractivity contribution in [2.24, 2.45) is 0 Å². The molecule has 0 atom stereocenters. The van der Waals surface area contributed by atoms with Gasteiger partial charge in [0.15, 0.2) is 6.61 Å². The van der Waals surface area contributed by atoms with Gasteiger partial charge in [0.05, 0.1) is 12.7 Å². The molecule has 132 valence electrons. The zero-order valence-electron chi connectivity index (χ0n) is 14.5. The van der Waals surface area contributed by atoms with Gasteiger partial charge in [-0.3, -0.25) is 9.59 Å². The molecular weight excluding hydrogens is 320 g/mol. The molecule has 0 aliphatic carbocycles. The first-order valence-electron chi connectivity index (χ1n) is 7.96. The molecule has 0 aromatic heterocycles. The van der Waals surface area contributed by atoms with Crippen LogP contribution in [0, 0.1) is 0 Å². The van der Waals surface area contributed by atoms with Gasteiger partial charge in [0, 0.05) is 11.7 Å². The lowest BCUT2D eigenvalue weighted by Gasteiger charge is -2.11. The molecular formula is C19H22N2O4. The average Bonchev–Trinajstić information content (AvgIpc) is 2.60. The van der Waals surface area contributed by atoms with Gasteiger partial charge in [0.2, 0.25) is 0 Å². The molecule has 0 spiro atoms. The van der Waals surface area contributed by atoms with Crippen molar-refractivity contribution in [2.45, 2.75) is 19.9 Å². The SMILES string of the molecule is COc1ccccc1C(=O)Nc1ccc(OCC(=O)NC(C)C)cc1. The number of nitrogens with one attached hydrogen (secondary N) is 2. The highest BCUT2D eigenvalue weighted by atomic mass is 16.5. The lowest BCUT2D eigenvalue weighted by Crippen LogP contribution is -2.34. The highest BCUT2D eigenvalue weighted by molar-refractivity contribution is 6.06. The predicted octanol–water partition coefficient (Wildman–Crippen LogP) is 2.85. The molecule has 25 heavy (non-hydrogen) atoms. The zero-order chi connectivity index (χ0) is 18.2. The molecule has 0 aliphatic rings. The summed E-state index contributed by atoms with van der Waals surface area (Å²) in [6, 6.07) is 13.9. The van der Waals surface area contributed by atoms with Crippen molar-refractivity contribution in [3.05, 3.63) is 54.1 Å². The fourth-order valence-electron chi connectivity index (χ4n) is 2.18. The van der Waals surface area contributed by atoms with Gasteiger partial charge in [0.1, 0.15) is 11.5 Å². The van der Waals surface area contributed by atoms with Gasteiger partial charge in [-0.2, -0.15) is 0 Å². The third-order valence-electron chi connectivity index (χ3n) is 3.28. The highest BCUT2D eigenvalue weighted by Crippen LogP contribution is 2.20. The molecule has 0 radical (unpaired) electrons. The monoisotopic (exact) mass is 342 g/mol. The normalized spacial score (nSPS) is 10.2. The van der Waals surface area contributed by atoms with Crippen molar-refractivity contribution in [3.8, 4) is 11.5 Å². The number of rotatable bonds is 7. The molecule has 2 N–H and O–H groups in total. The van der Waals surface area contributed by atoms with Crippen LogP contribution >= 0.6 is 0 Å². The topological polar surface area (TPSA) is 76.7 Å². The van der Waals surface area contributed by atoms with Crippen LogP contribution in [0.2, 0.25) is 0 Å². The minimum atomic E-state index is -0.262. The molecule has 2 rings (SSSR count). The number of ether oxygens (including phenoxy) is 2. The number of carbonyl (C=O) groups excluding carboxylic acids is 2. The molecule has 0 bridgehead atoms. The molecule has 0 fully saturated rings. The van der Waals surface area contributed by atoms with E-state index in [2.05, 4.69) is 10.6 Å². The number of para-hydroxylation sites is 1. The van der Waals surface area contributed by atoms with E-state index >= 15 is 0 Å². The fourth-order valence-corrected chi connectivity index (χ4v) is 2.18. The molecule has 6 nitrogen and oxygen atoms in total. The third-order valence-corrected chi connectivity index (χ3v) is 3.28. The Balaban J connectivity index is 1.94. The van der Waals surface area contributed by atoms with Gasteiger partial charge in [0.25, 0.3) is 11.8 Å². The molecule has 2 amide bonds. The van der Waals surface area contributed by atoms with Gasteiger partial charge in [-0.1, -0.05) is 12.1 Å². The summed E-state index contributed by atoms with van der Waals surface area (Å²) in [5.74, 6) is 0.622. The second-order valence-electron chi connectivity index (χ2n) is 5.69. The summed E-state index contributed by atoms with van der Waals surface area (Å²) < 4.78 is 10.6. The Bertz CT molecular complexity index is 726. The van der Waals surface area contributed by atoms with Crippen molar-refractivity contribution < 1.29 is 19.1 Å². The Kier molecular flexibility index (Phi) is 6.39. The van der Waals surface area contributed by atoms with Gasteiger partial charge in [-0.25, -0.2) is 0 Å². The Morgan fingerprint density at radius 2 is 1.72 bits per heavy atom. The molecule has 0 heterocycles. The standard InChI is InChI=1S/C19H22N2O4/c1-13(2)20-18(22)12-25-15-10-8-14(9-11-15)21-19(23)16-6-4-5-7-17(16)24-3/h4-11,13H,12H2,1-3H3,(H,20,22)(H,21,23). The van der Waals surface area contributed by atoms with E-state index in [1.54, 1.807) is 48.5 Å². The van der Waals surface area contributed by atoms with Crippen LogP contribution in [-0.4, -0.2) is 31.6 Å². The predicted molar refractivity (Wildman–Crippen MR) is 96.2 cm³/mol. The van der Waals surface area contributed by atoms with Crippen LogP contribution in [-0.2, 0) is 4.79 Å². The molecule has 2 aromatic rings. The first kappa shape index (κ1) is 18.3. The largest absolute Gasteiger partial charge is 0.496 e. The van der Waals surface area contributed by atoms with Crippen molar-refractivity contribution >= 4 is 17.5 Å². The number of hydrogen-bond donors (Lipinski definition) is 2. The van der Waals surface area contributed by atoms with Gasteiger partial charge in [-0.15, -0.1) is 0 Å². The molecule has 6 heteroatoms. The summed E-state index contributed by atoms with van der Waals surface area (Å²) in [5.41, 5.74) is 1.07. The van der Waals surface area contributed by atoms with Crippen LogP contribution in [0.3, 0.4) is 0 Å². The number of anilines is 1. The van der Waals surface area contributed by atoms with E-state index in [9.17, 15) is 9.59 Å². The van der Waals surface area contributed by atoms with Crippen molar-refractivity contribution in [1.82, 2.24) is 5.32 Å². The molecule has 2 aromatic carbocycles. The lowest BCUT2D eigenvalue weighted by molar-refractivity contribution is -0.123. The van der Waals surface area contributed by atoms with E-state index in [1.807, 2.05) is 13.8 Å². The summed E-state index contributed by atoms with van der Waals surface area (Å²) in [6.07, 6.45) is 0. The van der Waals surface area contributed by atoms with Crippen LogP contribution in [0.4, 0.5) is 5.69 Å². The number of methoxy groups -OCH3 is 1. The molecule has 0 saturated heterocycles. The Hall–Kier alpha value is -3.02. The quantitative estimate of drug-likeness (QED) is 0.811. The van der Waals surface area contributed by atoms with Crippen LogP contribution in [0.1, 0.15) is 24.2 Å². The summed E-state index contributed by atoms with van der Waals surface area (Å²) in [4.78, 5) is 23.9. The van der Waals surface area contributed by atoms with Gasteiger partial charge in [-0.05, 0) is 50.2 Å². The molecule has 0 saturated carbocycles. The second kappa shape index (κ2) is 8.73. The number of amides is 2. The van der Waals surface area contributed by atoms with Crippen LogP contribution < -0.4 is 20.1 Å². The number of hydrogen-bond acceptors (Lipinski definition) is 4. The van der Waals surface area contributed by atoms with Crippen molar-refractivity contribution in [1.29, 1.82) is 0 Å². The number of carbonyl (C=O) groups is 2. The first-order chi connectivity index (χ1) is 12.0. The van der Waals surface area contributed by atoms with E-state index in [0.717, 1.165) is 0 Å². The molecule has 0 unspecified atom stereocenters. The zero-order valence-corrected chi connectivity index (χ0v) is 14.5. The van der Waals surface area contributed by atoms with Crippen molar-refractivity contribution in [3.63, 3.8) is 0 Å². The highest BCUT2D eigenvalue weighted by Gasteiger charge is 2.11. The van der Waals surface area contributed by atoms with Gasteiger partial charge >= 0.3 is 0 Å². The Labute approximate surface area is 147 Å². The van der Waals surface area contributed by atoms with E-state index in [0.29, 0.717) is 22.7 Å². The van der Waals surface area contributed by atoms with Gasteiger partial charge < -0.3 is 20.1 Å². The maximum Gasteiger partial charge on any atom is 0.259 e. The smallest absolute Gasteiger partial charge is 0.259 e. The van der Waals surface area contributed by atoms with E-state index < -0.39 is 0 Å². The average molecular weight is 342 g/mol. The lowest BCUT2D eigenvalue weighted by atomic mass is 10.2. The summed E-state index contributed by atoms with van der Waals surface area (Å²) in [7, 11) is 1.52. The van der Waals surface area contributed by atoms with E-state index in [4.69, 9.17) is 9.47 Å². The minimum absolute atomic E-state index is 0.0505. The van der Waals surface area contributed by atoms with Crippen LogP contribution in [0.25, 0.3) is 0 Å². The van der Waals surface area contributed by atoms with E-state index in [-0.39, 0.29) is 24.5 Å². The Morgan fingerprint density at radius 3 is 2.36 bits per heavy atom. The second-order valence-corrected chi connectivity index (χ2v) is 5.69. The van der Waals surface area contributed by atoms with Crippen molar-refractivity contribution in [2.75, 3.05) is 19.0 Å². The fraction of sp³-hybridized carbons (Fsp3) is 0.263. The first-order valence-corrected chi connectivity index (χ1v) is 7.96. The third kappa shape index (κ3) is 5.53. The minimum Gasteiger partial charge on any atom is -0.496 e. The Morgan fingerprint density at radius 1 is 1.04 bits per heavy atom. The number of benzene rings is 2. The van der Waals surface area contributed by atoms with E-state index in [1.165, 1.54) is 7.11 Å². The maximum absolute atomic E-state index is 12.3. The van der Waals surface area contributed by atoms with Crippen LogP contribution in [0.15, 0.2) is 48.5 Å². The molecule has 0 aliphatic heterocycles.